The molecule has 2 heterocycles. The highest BCUT2D eigenvalue weighted by Crippen LogP contribution is 2.30. The zero-order valence-corrected chi connectivity index (χ0v) is 18.6. The number of hydrogen-bond acceptors (Lipinski definition) is 6. The van der Waals surface area contributed by atoms with E-state index in [1.807, 2.05) is 30.3 Å². The molecule has 0 saturated carbocycles. The largest absolute Gasteiger partial charge is 0.457 e. The van der Waals surface area contributed by atoms with Gasteiger partial charge in [-0.05, 0) is 57.2 Å². The van der Waals surface area contributed by atoms with Gasteiger partial charge in [0.15, 0.2) is 0 Å². The maximum absolute atomic E-state index is 11.3. The van der Waals surface area contributed by atoms with Gasteiger partial charge < -0.3 is 19.4 Å². The number of likely N-dealkylation sites (N-methyl/N-ethyl adjacent to an activating group) is 1. The molecule has 1 aliphatic rings. The Morgan fingerprint density at radius 3 is 2.48 bits per heavy atom. The molecule has 2 aromatic carbocycles. The van der Waals surface area contributed by atoms with E-state index in [4.69, 9.17) is 4.74 Å². The molecular weight excluding hydrogens is 394 g/mol. The summed E-state index contributed by atoms with van der Waals surface area (Å²) in [5, 5.41) is 2.52. The lowest BCUT2D eigenvalue weighted by Crippen LogP contribution is -2.64. The van der Waals surface area contributed by atoms with E-state index < -0.39 is 6.09 Å². The molecule has 1 fully saturated rings. The Balaban J connectivity index is 1.39. The second-order valence-corrected chi connectivity index (χ2v) is 8.82. The van der Waals surface area contributed by atoms with Gasteiger partial charge in [0, 0.05) is 37.4 Å². The lowest BCUT2D eigenvalue weighted by Gasteiger charge is -2.51. The Morgan fingerprint density at radius 2 is 1.84 bits per heavy atom. The predicted octanol–water partition coefficient (Wildman–Crippen LogP) is 4.45. The van der Waals surface area contributed by atoms with Crippen LogP contribution in [0, 0.1) is 0 Å². The summed E-state index contributed by atoms with van der Waals surface area (Å²) in [4.78, 5) is 23.5. The molecular formula is C23H29N5O3. The maximum Gasteiger partial charge on any atom is 0.413 e. The third kappa shape index (κ3) is 4.59. The van der Waals surface area contributed by atoms with Crippen LogP contribution in [-0.4, -0.2) is 59.8 Å². The van der Waals surface area contributed by atoms with Crippen molar-refractivity contribution in [2.45, 2.75) is 32.4 Å². The van der Waals surface area contributed by atoms with E-state index in [0.717, 1.165) is 24.4 Å². The van der Waals surface area contributed by atoms with Crippen molar-refractivity contribution in [2.24, 2.45) is 0 Å². The van der Waals surface area contributed by atoms with Crippen LogP contribution in [0.15, 0.2) is 42.5 Å². The summed E-state index contributed by atoms with van der Waals surface area (Å²) in [5.41, 5.74) is 2.88. The average molecular weight is 424 g/mol. The van der Waals surface area contributed by atoms with Gasteiger partial charge in [0.25, 0.3) is 0 Å². The monoisotopic (exact) mass is 423 g/mol. The van der Waals surface area contributed by atoms with Crippen LogP contribution in [-0.2, 0) is 4.74 Å². The highest BCUT2D eigenvalue weighted by Gasteiger charge is 2.36. The summed E-state index contributed by atoms with van der Waals surface area (Å²) in [5.74, 6) is 1.75. The average Bonchev–Trinajstić information content (AvgIpc) is 3.07. The third-order valence-electron chi connectivity index (χ3n) is 5.70. The Hall–Kier alpha value is -3.26. The number of nitrogens with one attached hydrogen (secondary N) is 2. The summed E-state index contributed by atoms with van der Waals surface area (Å²) >= 11 is 0. The van der Waals surface area contributed by atoms with Crippen molar-refractivity contribution >= 4 is 28.8 Å². The SMILES string of the molecule is COC(=O)Nc1nc2cc(Oc3ccc(N(C)C4CN(C(C)(C)C)C4)cc3)ccc2[nH]1. The van der Waals surface area contributed by atoms with Gasteiger partial charge in [-0.2, -0.15) is 0 Å². The van der Waals surface area contributed by atoms with Gasteiger partial charge >= 0.3 is 6.09 Å². The van der Waals surface area contributed by atoms with Crippen molar-refractivity contribution in [3.63, 3.8) is 0 Å². The van der Waals surface area contributed by atoms with E-state index in [1.54, 1.807) is 0 Å². The number of rotatable bonds is 5. The molecule has 0 unspecified atom stereocenters. The van der Waals surface area contributed by atoms with Gasteiger partial charge in [0.05, 0.1) is 24.2 Å². The molecule has 0 aliphatic carbocycles. The van der Waals surface area contributed by atoms with Gasteiger partial charge in [-0.25, -0.2) is 9.78 Å². The van der Waals surface area contributed by atoms with Gasteiger partial charge in [-0.3, -0.25) is 10.2 Å². The number of anilines is 2. The molecule has 0 atom stereocenters. The van der Waals surface area contributed by atoms with Crippen molar-refractivity contribution in [1.29, 1.82) is 0 Å². The number of likely N-dealkylation sites (tertiary alicyclic amines) is 1. The molecule has 8 heteroatoms. The molecule has 3 aromatic rings. The number of fused-ring (bicyclic) bond motifs is 1. The first kappa shape index (κ1) is 21.0. The Labute approximate surface area is 182 Å². The third-order valence-corrected chi connectivity index (χ3v) is 5.70. The van der Waals surface area contributed by atoms with Crippen LogP contribution in [0.25, 0.3) is 11.0 Å². The molecule has 0 radical (unpaired) electrons. The van der Waals surface area contributed by atoms with Crippen molar-refractivity contribution in [2.75, 3.05) is 37.5 Å². The minimum absolute atomic E-state index is 0.223. The Kier molecular flexibility index (Phi) is 5.49. The van der Waals surface area contributed by atoms with Gasteiger partial charge in [-0.15, -0.1) is 0 Å². The van der Waals surface area contributed by atoms with Crippen molar-refractivity contribution in [3.05, 3.63) is 42.5 Å². The number of methoxy groups -OCH3 is 1. The molecule has 1 amide bonds. The summed E-state index contributed by atoms with van der Waals surface area (Å²) in [6, 6.07) is 14.2. The lowest BCUT2D eigenvalue weighted by molar-refractivity contribution is 0.0479. The Morgan fingerprint density at radius 1 is 1.16 bits per heavy atom. The fourth-order valence-corrected chi connectivity index (χ4v) is 3.60. The molecule has 8 nitrogen and oxygen atoms in total. The summed E-state index contributed by atoms with van der Waals surface area (Å²) in [7, 11) is 3.45. The first-order valence-corrected chi connectivity index (χ1v) is 10.3. The quantitative estimate of drug-likeness (QED) is 0.631. The fourth-order valence-electron chi connectivity index (χ4n) is 3.60. The van der Waals surface area contributed by atoms with Crippen LogP contribution in [0.3, 0.4) is 0 Å². The second kappa shape index (κ2) is 8.11. The molecule has 1 aromatic heterocycles. The molecule has 1 aliphatic heterocycles. The van der Waals surface area contributed by atoms with Gasteiger partial charge in [-0.1, -0.05) is 0 Å². The predicted molar refractivity (Wildman–Crippen MR) is 122 cm³/mol. The van der Waals surface area contributed by atoms with Crippen LogP contribution >= 0.6 is 0 Å². The zero-order valence-electron chi connectivity index (χ0n) is 18.6. The number of carbonyl (C=O) groups is 1. The van der Waals surface area contributed by atoms with E-state index in [-0.39, 0.29) is 5.54 Å². The number of H-pyrrole nitrogens is 1. The van der Waals surface area contributed by atoms with Crippen LogP contribution < -0.4 is 15.0 Å². The van der Waals surface area contributed by atoms with E-state index in [1.165, 1.54) is 12.8 Å². The van der Waals surface area contributed by atoms with Crippen molar-refractivity contribution < 1.29 is 14.3 Å². The van der Waals surface area contributed by atoms with E-state index in [9.17, 15) is 4.79 Å². The molecule has 0 spiro atoms. The molecule has 4 rings (SSSR count). The summed E-state index contributed by atoms with van der Waals surface area (Å²) in [6.45, 7) is 8.92. The smallest absolute Gasteiger partial charge is 0.413 e. The number of nitrogens with zero attached hydrogens (tertiary/aromatic N) is 3. The van der Waals surface area contributed by atoms with Crippen LogP contribution in [0.4, 0.5) is 16.4 Å². The highest BCUT2D eigenvalue weighted by atomic mass is 16.5. The normalized spacial score (nSPS) is 14.9. The topological polar surface area (TPSA) is 82.7 Å². The molecule has 31 heavy (non-hydrogen) atoms. The number of aromatic nitrogens is 2. The minimum atomic E-state index is -0.575. The molecule has 2 N–H and O–H groups in total. The van der Waals surface area contributed by atoms with Crippen LogP contribution in [0.1, 0.15) is 20.8 Å². The molecule has 1 saturated heterocycles. The molecule has 0 bridgehead atoms. The van der Waals surface area contributed by atoms with E-state index >= 15 is 0 Å². The van der Waals surface area contributed by atoms with Crippen LogP contribution in [0.5, 0.6) is 11.5 Å². The number of ether oxygens (including phenoxy) is 2. The highest BCUT2D eigenvalue weighted by molar-refractivity contribution is 5.86. The first-order valence-electron chi connectivity index (χ1n) is 10.3. The minimum Gasteiger partial charge on any atom is -0.457 e. The lowest BCUT2D eigenvalue weighted by atomic mass is 9.96. The first-order chi connectivity index (χ1) is 14.7. The standard InChI is InChI=1S/C23H29N5O3/c1-23(2,3)28-13-16(14-28)27(4)15-6-8-17(9-7-15)31-18-10-11-19-20(12-18)25-21(24-19)26-22(29)30-5/h6-12,16H,13-14H2,1-5H3,(H2,24,25,26,29). The molecule has 164 valence electrons. The number of aromatic amines is 1. The van der Waals surface area contributed by atoms with Crippen molar-refractivity contribution in [3.8, 4) is 11.5 Å². The summed E-state index contributed by atoms with van der Waals surface area (Å²) < 4.78 is 10.6. The maximum atomic E-state index is 11.3. The van der Waals surface area contributed by atoms with Crippen LogP contribution in [0.2, 0.25) is 0 Å². The van der Waals surface area contributed by atoms with Gasteiger partial charge in [0.2, 0.25) is 5.95 Å². The number of carbonyl (C=O) groups excluding carboxylic acids is 1. The van der Waals surface area contributed by atoms with Crippen molar-refractivity contribution in [1.82, 2.24) is 14.9 Å². The van der Waals surface area contributed by atoms with Gasteiger partial charge in [0.1, 0.15) is 11.5 Å². The number of imidazole rings is 1. The van der Waals surface area contributed by atoms with E-state index in [2.05, 4.69) is 69.8 Å². The number of hydrogen-bond donors (Lipinski definition) is 2. The Bertz CT molecular complexity index is 1070. The van der Waals surface area contributed by atoms with E-state index in [0.29, 0.717) is 23.3 Å². The second-order valence-electron chi connectivity index (χ2n) is 8.82. The zero-order chi connectivity index (χ0) is 22.2. The number of benzene rings is 2. The summed E-state index contributed by atoms with van der Waals surface area (Å²) in [6.07, 6.45) is -0.575. The number of amides is 1. The fraction of sp³-hybridized carbons (Fsp3) is 0.391.